The average molecular weight is 407 g/mol. The number of halogens is 1. The Balaban J connectivity index is 1.57. The Kier molecular flexibility index (Phi) is 6.19. The molecule has 5 nitrogen and oxygen atoms in total. The highest BCUT2D eigenvalue weighted by Gasteiger charge is 2.29. The Labute approximate surface area is 165 Å². The van der Waals surface area contributed by atoms with Crippen LogP contribution in [0.4, 0.5) is 5.69 Å². The predicted molar refractivity (Wildman–Crippen MR) is 107 cm³/mol. The first-order valence-electron chi connectivity index (χ1n) is 8.97. The molecule has 1 amide bonds. The second-order valence-electron chi connectivity index (χ2n) is 6.88. The van der Waals surface area contributed by atoms with Gasteiger partial charge in [-0.05, 0) is 67.1 Å². The van der Waals surface area contributed by atoms with Gasteiger partial charge in [-0.1, -0.05) is 23.7 Å². The van der Waals surface area contributed by atoms with Gasteiger partial charge >= 0.3 is 0 Å². The molecule has 7 heteroatoms. The summed E-state index contributed by atoms with van der Waals surface area (Å²) in [6.45, 7) is 2.54. The number of nitrogens with one attached hydrogen (secondary N) is 1. The second kappa shape index (κ2) is 8.42. The molecule has 2 aromatic carbocycles. The van der Waals surface area contributed by atoms with Gasteiger partial charge in [0.1, 0.15) is 0 Å². The SMILES string of the molecule is CC(=O)Nc1ccc(CC2CCN(S(=O)(=O)c3ccc(Cl)cc3)CC2)cc1. The lowest BCUT2D eigenvalue weighted by molar-refractivity contribution is -0.114. The van der Waals surface area contributed by atoms with Crippen LogP contribution in [0.2, 0.25) is 5.02 Å². The molecule has 1 N–H and O–H groups in total. The van der Waals surface area contributed by atoms with Gasteiger partial charge in [0.05, 0.1) is 4.90 Å². The molecular weight excluding hydrogens is 384 g/mol. The van der Waals surface area contributed by atoms with Crippen molar-refractivity contribution in [1.29, 1.82) is 0 Å². The third-order valence-corrected chi connectivity index (χ3v) is 6.99. The molecule has 1 fully saturated rings. The Morgan fingerprint density at radius 2 is 1.67 bits per heavy atom. The largest absolute Gasteiger partial charge is 0.326 e. The number of hydrogen-bond acceptors (Lipinski definition) is 3. The first kappa shape index (κ1) is 19.9. The van der Waals surface area contributed by atoms with Gasteiger partial charge < -0.3 is 5.32 Å². The van der Waals surface area contributed by atoms with Crippen molar-refractivity contribution in [2.45, 2.75) is 31.1 Å². The van der Waals surface area contributed by atoms with Gasteiger partial charge in [-0.25, -0.2) is 8.42 Å². The standard InChI is InChI=1S/C20H23ClN2O3S/c1-15(24)22-19-6-2-16(3-7-19)14-17-10-12-23(13-11-17)27(25,26)20-8-4-18(21)5-9-20/h2-9,17H,10-14H2,1H3,(H,22,24). The number of rotatable bonds is 5. The third kappa shape index (κ3) is 5.09. The normalized spacial score (nSPS) is 16.2. The van der Waals surface area contributed by atoms with Crippen molar-refractivity contribution < 1.29 is 13.2 Å². The van der Waals surface area contributed by atoms with E-state index in [1.807, 2.05) is 24.3 Å². The molecule has 0 unspecified atom stereocenters. The molecule has 0 spiro atoms. The van der Waals surface area contributed by atoms with Crippen LogP contribution in [0.5, 0.6) is 0 Å². The van der Waals surface area contributed by atoms with Crippen molar-refractivity contribution in [3.63, 3.8) is 0 Å². The number of anilines is 1. The van der Waals surface area contributed by atoms with Crippen LogP contribution in [0.25, 0.3) is 0 Å². The Hall–Kier alpha value is -1.89. The molecule has 0 aromatic heterocycles. The van der Waals surface area contributed by atoms with Gasteiger partial charge in [0.25, 0.3) is 0 Å². The van der Waals surface area contributed by atoms with Gasteiger partial charge in [-0.15, -0.1) is 0 Å². The van der Waals surface area contributed by atoms with E-state index in [2.05, 4.69) is 5.32 Å². The molecule has 27 heavy (non-hydrogen) atoms. The minimum atomic E-state index is -3.46. The summed E-state index contributed by atoms with van der Waals surface area (Å²) in [5.41, 5.74) is 1.98. The highest BCUT2D eigenvalue weighted by molar-refractivity contribution is 7.89. The van der Waals surface area contributed by atoms with Crippen molar-refractivity contribution in [2.75, 3.05) is 18.4 Å². The zero-order chi connectivity index (χ0) is 19.4. The Morgan fingerprint density at radius 1 is 1.07 bits per heavy atom. The number of piperidine rings is 1. The van der Waals surface area contributed by atoms with Crippen LogP contribution in [0.1, 0.15) is 25.3 Å². The minimum Gasteiger partial charge on any atom is -0.326 e. The summed E-state index contributed by atoms with van der Waals surface area (Å²) in [4.78, 5) is 11.4. The topological polar surface area (TPSA) is 66.5 Å². The summed E-state index contributed by atoms with van der Waals surface area (Å²) in [5, 5.41) is 3.28. The minimum absolute atomic E-state index is 0.0861. The van der Waals surface area contributed by atoms with E-state index in [-0.39, 0.29) is 5.91 Å². The molecule has 2 aromatic rings. The summed E-state index contributed by atoms with van der Waals surface area (Å²) in [6, 6.07) is 14.1. The first-order chi connectivity index (χ1) is 12.8. The summed E-state index contributed by atoms with van der Waals surface area (Å²) in [6.07, 6.45) is 2.58. The van der Waals surface area contributed by atoms with Crippen LogP contribution in [0.3, 0.4) is 0 Å². The lowest BCUT2D eigenvalue weighted by Crippen LogP contribution is -2.38. The van der Waals surface area contributed by atoms with Gasteiger partial charge in [-0.3, -0.25) is 4.79 Å². The molecule has 1 aliphatic heterocycles. The maximum Gasteiger partial charge on any atom is 0.243 e. The number of sulfonamides is 1. The highest BCUT2D eigenvalue weighted by Crippen LogP contribution is 2.27. The second-order valence-corrected chi connectivity index (χ2v) is 9.26. The molecule has 0 atom stereocenters. The van der Waals surface area contributed by atoms with Crippen molar-refractivity contribution in [2.24, 2.45) is 5.92 Å². The van der Waals surface area contributed by atoms with E-state index < -0.39 is 10.0 Å². The van der Waals surface area contributed by atoms with E-state index in [0.717, 1.165) is 24.9 Å². The molecule has 144 valence electrons. The molecule has 1 aliphatic rings. The van der Waals surface area contributed by atoms with Gasteiger partial charge in [0, 0.05) is 30.7 Å². The molecule has 0 aliphatic carbocycles. The lowest BCUT2D eigenvalue weighted by Gasteiger charge is -2.31. The monoisotopic (exact) mass is 406 g/mol. The average Bonchev–Trinajstić information content (AvgIpc) is 2.64. The first-order valence-corrected chi connectivity index (χ1v) is 10.8. The van der Waals surface area contributed by atoms with E-state index in [1.165, 1.54) is 12.5 Å². The fourth-order valence-corrected chi connectivity index (χ4v) is 4.97. The number of hydrogen-bond donors (Lipinski definition) is 1. The maximum atomic E-state index is 12.7. The number of nitrogens with zero attached hydrogens (tertiary/aromatic N) is 1. The summed E-state index contributed by atoms with van der Waals surface area (Å²) >= 11 is 5.85. The molecule has 0 saturated carbocycles. The Morgan fingerprint density at radius 3 is 2.22 bits per heavy atom. The quantitative estimate of drug-likeness (QED) is 0.817. The molecule has 1 saturated heterocycles. The van der Waals surface area contributed by atoms with E-state index in [0.29, 0.717) is 28.9 Å². The smallest absolute Gasteiger partial charge is 0.243 e. The van der Waals surface area contributed by atoms with Crippen LogP contribution in [-0.2, 0) is 21.2 Å². The predicted octanol–water partition coefficient (Wildman–Crippen LogP) is 3.94. The van der Waals surface area contributed by atoms with E-state index in [9.17, 15) is 13.2 Å². The van der Waals surface area contributed by atoms with Crippen LogP contribution in [0.15, 0.2) is 53.4 Å². The maximum absolute atomic E-state index is 12.7. The fourth-order valence-electron chi connectivity index (χ4n) is 3.37. The fraction of sp³-hybridized carbons (Fsp3) is 0.350. The zero-order valence-corrected chi connectivity index (χ0v) is 16.8. The number of carbonyl (C=O) groups is 1. The van der Waals surface area contributed by atoms with Crippen molar-refractivity contribution in [3.05, 3.63) is 59.1 Å². The van der Waals surface area contributed by atoms with Crippen LogP contribution >= 0.6 is 11.6 Å². The lowest BCUT2D eigenvalue weighted by atomic mass is 9.91. The summed E-state index contributed by atoms with van der Waals surface area (Å²) in [7, 11) is -3.46. The van der Waals surface area contributed by atoms with E-state index in [1.54, 1.807) is 28.6 Å². The third-order valence-electron chi connectivity index (χ3n) is 4.82. The number of benzene rings is 2. The molecule has 0 radical (unpaired) electrons. The summed E-state index contributed by atoms with van der Waals surface area (Å²) < 4.78 is 27.0. The zero-order valence-electron chi connectivity index (χ0n) is 15.2. The number of carbonyl (C=O) groups excluding carboxylic acids is 1. The summed E-state index contributed by atoms with van der Waals surface area (Å²) in [5.74, 6) is 0.366. The molecule has 1 heterocycles. The van der Waals surface area contributed by atoms with Gasteiger partial charge in [0.2, 0.25) is 15.9 Å². The highest BCUT2D eigenvalue weighted by atomic mass is 35.5. The number of amides is 1. The van der Waals surface area contributed by atoms with Crippen LogP contribution in [0, 0.1) is 5.92 Å². The van der Waals surface area contributed by atoms with Crippen molar-refractivity contribution >= 4 is 33.2 Å². The van der Waals surface area contributed by atoms with Crippen LogP contribution in [-0.4, -0.2) is 31.7 Å². The van der Waals surface area contributed by atoms with Gasteiger partial charge in [-0.2, -0.15) is 4.31 Å². The molecule has 3 rings (SSSR count). The Bertz CT molecular complexity index is 888. The van der Waals surface area contributed by atoms with E-state index >= 15 is 0 Å². The molecule has 0 bridgehead atoms. The van der Waals surface area contributed by atoms with Gasteiger partial charge in [0.15, 0.2) is 0 Å². The van der Waals surface area contributed by atoms with Crippen molar-refractivity contribution in [1.82, 2.24) is 4.31 Å². The molecular formula is C20H23ClN2O3S. The van der Waals surface area contributed by atoms with Crippen molar-refractivity contribution in [3.8, 4) is 0 Å². The van der Waals surface area contributed by atoms with Crippen LogP contribution < -0.4 is 5.32 Å². The van der Waals surface area contributed by atoms with E-state index in [4.69, 9.17) is 11.6 Å².